The van der Waals surface area contributed by atoms with E-state index in [1.54, 1.807) is 14.2 Å². The number of ether oxygens (including phenoxy) is 4. The second-order valence-corrected chi connectivity index (χ2v) is 8.22. The Kier molecular flexibility index (Phi) is 4.36. The van der Waals surface area contributed by atoms with Gasteiger partial charge in [0.15, 0.2) is 9.75 Å². The molecule has 0 amide bonds. The van der Waals surface area contributed by atoms with E-state index in [-0.39, 0.29) is 10.1 Å². The highest BCUT2D eigenvalue weighted by Gasteiger charge is 2.81. The maximum Gasteiger partial charge on any atom is 0.226 e. The standard InChI is InChI=1S/C19H16Cl4O4/c1-24-13-9-7-5-6-8-10(9)14(25-2)12-11(13)17(22)15(20)16(21)18(12,23)19(17,26-3)27-4/h5-8H,1-4H3/t17-,18-/m1/s1. The van der Waals surface area contributed by atoms with Crippen LogP contribution in [0.3, 0.4) is 0 Å². The zero-order valence-electron chi connectivity index (χ0n) is 15.0. The van der Waals surface area contributed by atoms with Gasteiger partial charge in [0.2, 0.25) is 5.79 Å². The van der Waals surface area contributed by atoms with Gasteiger partial charge >= 0.3 is 0 Å². The lowest BCUT2D eigenvalue weighted by Gasteiger charge is -2.40. The summed E-state index contributed by atoms with van der Waals surface area (Å²) >= 11 is 27.5. The summed E-state index contributed by atoms with van der Waals surface area (Å²) in [4.78, 5) is -3.04. The number of halogens is 4. The SMILES string of the molecule is COc1c2c(c(OC)c3ccccc13)[C@@]1(Cl)C(Cl)=C(Cl)[C@@]2(Cl)C1(OC)OC. The predicted molar refractivity (Wildman–Crippen MR) is 108 cm³/mol. The molecule has 2 atom stereocenters. The first-order chi connectivity index (χ1) is 12.8. The Morgan fingerprint density at radius 1 is 0.704 bits per heavy atom. The highest BCUT2D eigenvalue weighted by molar-refractivity contribution is 6.52. The van der Waals surface area contributed by atoms with Crippen LogP contribution in [0.25, 0.3) is 10.8 Å². The first-order valence-corrected chi connectivity index (χ1v) is 9.54. The minimum Gasteiger partial charge on any atom is -0.496 e. The van der Waals surface area contributed by atoms with Crippen LogP contribution in [-0.2, 0) is 19.2 Å². The zero-order chi connectivity index (χ0) is 19.8. The number of alkyl halides is 2. The average molecular weight is 450 g/mol. The van der Waals surface area contributed by atoms with Crippen molar-refractivity contribution in [1.82, 2.24) is 0 Å². The molecule has 0 spiro atoms. The molecular weight excluding hydrogens is 434 g/mol. The van der Waals surface area contributed by atoms with Gasteiger partial charge in [-0.05, 0) is 0 Å². The van der Waals surface area contributed by atoms with E-state index >= 15 is 0 Å². The molecule has 0 unspecified atom stereocenters. The minimum atomic E-state index is -1.60. The largest absolute Gasteiger partial charge is 0.496 e. The molecule has 0 radical (unpaired) electrons. The van der Waals surface area contributed by atoms with Crippen molar-refractivity contribution in [3.05, 3.63) is 45.5 Å². The molecule has 2 aromatic carbocycles. The Hall–Kier alpha value is -0.880. The highest BCUT2D eigenvalue weighted by atomic mass is 35.5. The lowest BCUT2D eigenvalue weighted by atomic mass is 9.89. The number of rotatable bonds is 4. The van der Waals surface area contributed by atoms with Crippen molar-refractivity contribution in [1.29, 1.82) is 0 Å². The van der Waals surface area contributed by atoms with E-state index < -0.39 is 15.5 Å². The fraction of sp³-hybridized carbons (Fsp3) is 0.368. The Bertz CT molecular complexity index is 926. The van der Waals surface area contributed by atoms with Gasteiger partial charge in [-0.3, -0.25) is 0 Å². The van der Waals surface area contributed by atoms with Crippen LogP contribution in [0.5, 0.6) is 11.5 Å². The molecule has 2 aromatic rings. The van der Waals surface area contributed by atoms with Gasteiger partial charge in [-0.15, -0.1) is 23.2 Å². The lowest BCUT2D eigenvalue weighted by molar-refractivity contribution is -0.228. The van der Waals surface area contributed by atoms with E-state index in [0.29, 0.717) is 22.6 Å². The molecule has 0 saturated heterocycles. The van der Waals surface area contributed by atoms with Crippen molar-refractivity contribution in [3.8, 4) is 11.5 Å². The van der Waals surface area contributed by atoms with Crippen LogP contribution in [0.4, 0.5) is 0 Å². The number of methoxy groups -OCH3 is 4. The van der Waals surface area contributed by atoms with Gasteiger partial charge in [-0.1, -0.05) is 47.5 Å². The van der Waals surface area contributed by atoms with E-state index in [4.69, 9.17) is 65.4 Å². The molecule has 8 heteroatoms. The van der Waals surface area contributed by atoms with E-state index in [1.807, 2.05) is 24.3 Å². The molecule has 27 heavy (non-hydrogen) atoms. The summed E-state index contributed by atoms with van der Waals surface area (Å²) in [6.45, 7) is 0. The molecule has 0 N–H and O–H groups in total. The first kappa shape index (κ1) is 19.4. The number of hydrogen-bond donors (Lipinski definition) is 0. The first-order valence-electron chi connectivity index (χ1n) is 8.03. The quantitative estimate of drug-likeness (QED) is 0.460. The molecule has 144 valence electrons. The maximum absolute atomic E-state index is 7.15. The molecule has 0 aromatic heterocycles. The molecule has 2 aliphatic carbocycles. The summed E-state index contributed by atoms with van der Waals surface area (Å²) in [6, 6.07) is 7.60. The third kappa shape index (κ3) is 1.81. The Morgan fingerprint density at radius 2 is 1.07 bits per heavy atom. The summed E-state index contributed by atoms with van der Waals surface area (Å²) in [5, 5.41) is 1.86. The highest BCUT2D eigenvalue weighted by Crippen LogP contribution is 2.78. The summed E-state index contributed by atoms with van der Waals surface area (Å²) in [7, 11) is 6.01. The smallest absolute Gasteiger partial charge is 0.226 e. The van der Waals surface area contributed by atoms with Crippen LogP contribution < -0.4 is 9.47 Å². The van der Waals surface area contributed by atoms with E-state index in [2.05, 4.69) is 0 Å². The monoisotopic (exact) mass is 448 g/mol. The molecule has 0 fully saturated rings. The van der Waals surface area contributed by atoms with Gasteiger partial charge in [0.05, 0.1) is 24.3 Å². The van der Waals surface area contributed by atoms with Crippen molar-refractivity contribution in [2.24, 2.45) is 0 Å². The van der Waals surface area contributed by atoms with Gasteiger partial charge in [0.25, 0.3) is 0 Å². The maximum atomic E-state index is 7.15. The number of benzene rings is 2. The molecule has 0 aliphatic heterocycles. The second kappa shape index (κ2) is 6.06. The molecule has 2 bridgehead atoms. The summed E-state index contributed by atoms with van der Waals surface area (Å²) in [5.74, 6) is -0.572. The average Bonchev–Trinajstić information content (AvgIpc) is 2.95. The van der Waals surface area contributed by atoms with Crippen LogP contribution in [0.1, 0.15) is 11.1 Å². The van der Waals surface area contributed by atoms with Crippen molar-refractivity contribution in [2.45, 2.75) is 15.5 Å². The zero-order valence-corrected chi connectivity index (χ0v) is 18.0. The van der Waals surface area contributed by atoms with Crippen LogP contribution in [0.15, 0.2) is 34.3 Å². The van der Waals surface area contributed by atoms with Crippen molar-refractivity contribution in [2.75, 3.05) is 28.4 Å². The fourth-order valence-electron chi connectivity index (χ4n) is 4.48. The molecule has 2 aliphatic rings. The van der Waals surface area contributed by atoms with E-state index in [1.165, 1.54) is 14.2 Å². The van der Waals surface area contributed by atoms with E-state index in [9.17, 15) is 0 Å². The van der Waals surface area contributed by atoms with Crippen LogP contribution >= 0.6 is 46.4 Å². The summed E-state index contributed by atoms with van der Waals surface area (Å²) < 4.78 is 23.1. The Morgan fingerprint density at radius 3 is 1.37 bits per heavy atom. The lowest BCUT2D eigenvalue weighted by Crippen LogP contribution is -2.53. The third-order valence-corrected chi connectivity index (χ3v) is 7.99. The predicted octanol–water partition coefficient (Wildman–Crippen LogP) is 5.43. The fourth-order valence-corrected chi connectivity index (χ4v) is 6.49. The Balaban J connectivity index is 2.31. The Labute approximate surface area is 176 Å². The van der Waals surface area contributed by atoms with Crippen molar-refractivity contribution < 1.29 is 18.9 Å². The van der Waals surface area contributed by atoms with Gasteiger partial charge in [0.1, 0.15) is 11.5 Å². The molecular formula is C19H16Cl4O4. The normalized spacial score (nSPS) is 28.0. The number of hydrogen-bond acceptors (Lipinski definition) is 4. The van der Waals surface area contributed by atoms with E-state index in [0.717, 1.165) is 10.8 Å². The van der Waals surface area contributed by atoms with Gasteiger partial charge in [0, 0.05) is 36.1 Å². The van der Waals surface area contributed by atoms with Crippen molar-refractivity contribution >= 4 is 57.2 Å². The van der Waals surface area contributed by atoms with Gasteiger partial charge in [-0.2, -0.15) is 0 Å². The van der Waals surface area contributed by atoms with Crippen LogP contribution in [-0.4, -0.2) is 34.2 Å². The topological polar surface area (TPSA) is 36.9 Å². The molecule has 4 rings (SSSR count). The second-order valence-electron chi connectivity index (χ2n) is 6.33. The minimum absolute atomic E-state index is 0.132. The molecule has 0 saturated carbocycles. The summed E-state index contributed by atoms with van der Waals surface area (Å²) in [6.07, 6.45) is 0. The van der Waals surface area contributed by atoms with Crippen LogP contribution in [0, 0.1) is 0 Å². The molecule has 0 heterocycles. The van der Waals surface area contributed by atoms with Gasteiger partial charge in [-0.25, -0.2) is 0 Å². The summed E-state index contributed by atoms with van der Waals surface area (Å²) in [5.41, 5.74) is 1.05. The van der Waals surface area contributed by atoms with Gasteiger partial charge < -0.3 is 18.9 Å². The molecule has 4 nitrogen and oxygen atoms in total. The third-order valence-electron chi connectivity index (χ3n) is 5.50. The van der Waals surface area contributed by atoms with Crippen molar-refractivity contribution in [3.63, 3.8) is 0 Å². The van der Waals surface area contributed by atoms with Crippen LogP contribution in [0.2, 0.25) is 0 Å². The number of fused-ring (bicyclic) bond motifs is 6.